The highest BCUT2D eigenvalue weighted by Gasteiger charge is 2.31. The van der Waals surface area contributed by atoms with Crippen molar-refractivity contribution in [2.45, 2.75) is 6.18 Å². The fourth-order valence-electron chi connectivity index (χ4n) is 2.88. The first-order chi connectivity index (χ1) is 12.7. The summed E-state index contributed by atoms with van der Waals surface area (Å²) in [7, 11) is 0. The van der Waals surface area contributed by atoms with Crippen molar-refractivity contribution >= 4 is 51.9 Å². The van der Waals surface area contributed by atoms with Crippen molar-refractivity contribution in [3.63, 3.8) is 0 Å². The number of anilines is 2. The van der Waals surface area contributed by atoms with Crippen LogP contribution in [-0.4, -0.2) is 36.2 Å². The molecule has 0 aromatic heterocycles. The van der Waals surface area contributed by atoms with Crippen LogP contribution in [0.15, 0.2) is 42.5 Å². The lowest BCUT2D eigenvalue weighted by atomic mass is 10.1. The van der Waals surface area contributed by atoms with E-state index in [4.69, 9.17) is 35.4 Å². The van der Waals surface area contributed by atoms with Gasteiger partial charge < -0.3 is 15.1 Å². The average molecular weight is 434 g/mol. The number of benzene rings is 2. The van der Waals surface area contributed by atoms with Crippen molar-refractivity contribution in [3.8, 4) is 0 Å². The predicted molar refractivity (Wildman–Crippen MR) is 108 cm³/mol. The zero-order valence-corrected chi connectivity index (χ0v) is 16.4. The predicted octanol–water partition coefficient (Wildman–Crippen LogP) is 5.53. The average Bonchev–Trinajstić information content (AvgIpc) is 2.60. The summed E-state index contributed by atoms with van der Waals surface area (Å²) < 4.78 is 38.7. The van der Waals surface area contributed by atoms with Gasteiger partial charge in [0.2, 0.25) is 0 Å². The van der Waals surface area contributed by atoms with E-state index < -0.39 is 11.7 Å². The van der Waals surface area contributed by atoms with E-state index >= 15 is 0 Å². The first-order valence-corrected chi connectivity index (χ1v) is 9.33. The van der Waals surface area contributed by atoms with E-state index in [9.17, 15) is 13.2 Å². The lowest BCUT2D eigenvalue weighted by molar-refractivity contribution is -0.137. The Kier molecular flexibility index (Phi) is 6.03. The van der Waals surface area contributed by atoms with Gasteiger partial charge in [-0.2, -0.15) is 13.2 Å². The first-order valence-electron chi connectivity index (χ1n) is 8.16. The SMILES string of the molecule is FC(F)(F)c1cccc(N2CCN(C(=S)Nc3cc(Cl)cc(Cl)c3)CC2)c1. The third-order valence-corrected chi connectivity index (χ3v) is 5.02. The Morgan fingerprint density at radius 3 is 2.19 bits per heavy atom. The van der Waals surface area contributed by atoms with E-state index in [0.29, 0.717) is 52.7 Å². The van der Waals surface area contributed by atoms with Gasteiger partial charge in [-0.1, -0.05) is 29.3 Å². The summed E-state index contributed by atoms with van der Waals surface area (Å²) in [5, 5.41) is 4.63. The van der Waals surface area contributed by atoms with Gasteiger partial charge in [0, 0.05) is 47.6 Å². The van der Waals surface area contributed by atoms with E-state index in [2.05, 4.69) is 5.32 Å². The molecule has 0 atom stereocenters. The quantitative estimate of drug-likeness (QED) is 0.627. The van der Waals surface area contributed by atoms with Crippen LogP contribution in [0, 0.1) is 0 Å². The normalized spacial score (nSPS) is 15.0. The van der Waals surface area contributed by atoms with Gasteiger partial charge in [-0.05, 0) is 48.6 Å². The Morgan fingerprint density at radius 1 is 0.963 bits per heavy atom. The molecule has 0 bridgehead atoms. The molecule has 0 amide bonds. The van der Waals surface area contributed by atoms with Gasteiger partial charge in [0.25, 0.3) is 0 Å². The molecule has 27 heavy (non-hydrogen) atoms. The summed E-state index contributed by atoms with van der Waals surface area (Å²) in [6, 6.07) is 10.5. The topological polar surface area (TPSA) is 18.5 Å². The lowest BCUT2D eigenvalue weighted by Gasteiger charge is -2.37. The number of nitrogens with one attached hydrogen (secondary N) is 1. The highest BCUT2D eigenvalue weighted by Crippen LogP contribution is 2.32. The molecule has 0 saturated carbocycles. The molecule has 2 aromatic rings. The Bertz CT molecular complexity index is 817. The third-order valence-electron chi connectivity index (χ3n) is 4.22. The molecule has 1 saturated heterocycles. The molecule has 1 aliphatic rings. The summed E-state index contributed by atoms with van der Waals surface area (Å²) in [6.45, 7) is 2.33. The van der Waals surface area contributed by atoms with Gasteiger partial charge in [0.05, 0.1) is 5.56 Å². The molecule has 1 aliphatic heterocycles. The van der Waals surface area contributed by atoms with Crippen molar-refractivity contribution in [1.29, 1.82) is 0 Å². The van der Waals surface area contributed by atoms with Crippen LogP contribution in [0.4, 0.5) is 24.5 Å². The maximum Gasteiger partial charge on any atom is 0.416 e. The molecule has 1 heterocycles. The van der Waals surface area contributed by atoms with Crippen LogP contribution in [0.1, 0.15) is 5.56 Å². The number of thiocarbonyl (C=S) groups is 1. The highest BCUT2D eigenvalue weighted by atomic mass is 35.5. The Morgan fingerprint density at radius 2 is 1.59 bits per heavy atom. The molecular formula is C18H16Cl2F3N3S. The zero-order valence-electron chi connectivity index (χ0n) is 14.1. The highest BCUT2D eigenvalue weighted by molar-refractivity contribution is 7.80. The maximum atomic E-state index is 12.9. The summed E-state index contributed by atoms with van der Waals surface area (Å²) in [5.74, 6) is 0. The van der Waals surface area contributed by atoms with Gasteiger partial charge in [-0.25, -0.2) is 0 Å². The number of nitrogens with zero attached hydrogens (tertiary/aromatic N) is 2. The molecule has 1 fully saturated rings. The number of hydrogen-bond acceptors (Lipinski definition) is 2. The minimum absolute atomic E-state index is 0.502. The molecule has 0 unspecified atom stereocenters. The van der Waals surface area contributed by atoms with E-state index in [-0.39, 0.29) is 0 Å². The second-order valence-electron chi connectivity index (χ2n) is 6.11. The van der Waals surface area contributed by atoms with Gasteiger partial charge >= 0.3 is 6.18 Å². The van der Waals surface area contributed by atoms with Crippen LogP contribution in [-0.2, 0) is 6.18 Å². The smallest absolute Gasteiger partial charge is 0.368 e. The second-order valence-corrected chi connectivity index (χ2v) is 7.37. The van der Waals surface area contributed by atoms with Crippen LogP contribution in [0.3, 0.4) is 0 Å². The second kappa shape index (κ2) is 8.12. The fourth-order valence-corrected chi connectivity index (χ4v) is 3.70. The van der Waals surface area contributed by atoms with Gasteiger partial charge in [0.1, 0.15) is 0 Å². The minimum atomic E-state index is -4.35. The minimum Gasteiger partial charge on any atom is -0.368 e. The molecule has 0 radical (unpaired) electrons. The molecule has 3 nitrogen and oxygen atoms in total. The molecular weight excluding hydrogens is 418 g/mol. The number of alkyl halides is 3. The van der Waals surface area contributed by atoms with Crippen molar-refractivity contribution in [1.82, 2.24) is 4.90 Å². The fraction of sp³-hybridized carbons (Fsp3) is 0.278. The Balaban J connectivity index is 1.61. The molecule has 3 rings (SSSR count). The molecule has 2 aromatic carbocycles. The summed E-state index contributed by atoms with van der Waals surface area (Å²) in [6.07, 6.45) is -4.35. The van der Waals surface area contributed by atoms with Crippen LogP contribution in [0.5, 0.6) is 0 Å². The van der Waals surface area contributed by atoms with Gasteiger partial charge in [-0.15, -0.1) is 0 Å². The number of piperazine rings is 1. The van der Waals surface area contributed by atoms with E-state index in [1.807, 2.05) is 9.80 Å². The molecule has 1 N–H and O–H groups in total. The van der Waals surface area contributed by atoms with Crippen molar-refractivity contribution in [2.24, 2.45) is 0 Å². The van der Waals surface area contributed by atoms with Crippen LogP contribution < -0.4 is 10.2 Å². The molecule has 0 aliphatic carbocycles. The van der Waals surface area contributed by atoms with Crippen molar-refractivity contribution in [3.05, 3.63) is 58.1 Å². The summed E-state index contributed by atoms with van der Waals surface area (Å²) in [5.41, 5.74) is 0.611. The maximum absolute atomic E-state index is 12.9. The van der Waals surface area contributed by atoms with Crippen molar-refractivity contribution in [2.75, 3.05) is 36.4 Å². The Labute approximate surface area is 170 Å². The van der Waals surface area contributed by atoms with Crippen LogP contribution in [0.25, 0.3) is 0 Å². The first kappa shape index (κ1) is 20.0. The number of hydrogen-bond donors (Lipinski definition) is 1. The van der Waals surface area contributed by atoms with Gasteiger partial charge in [0.15, 0.2) is 5.11 Å². The summed E-state index contributed by atoms with van der Waals surface area (Å²) in [4.78, 5) is 3.89. The van der Waals surface area contributed by atoms with E-state index in [1.54, 1.807) is 24.3 Å². The zero-order chi connectivity index (χ0) is 19.6. The van der Waals surface area contributed by atoms with E-state index in [0.717, 1.165) is 6.07 Å². The standard InChI is InChI=1S/C18H16Cl2F3N3S/c19-13-9-14(20)11-15(10-13)24-17(27)26-6-4-25(5-7-26)16-3-1-2-12(8-16)18(21,22)23/h1-3,8-11H,4-7H2,(H,24,27). The van der Waals surface area contributed by atoms with Crippen molar-refractivity contribution < 1.29 is 13.2 Å². The number of halogens is 5. The van der Waals surface area contributed by atoms with Gasteiger partial charge in [-0.3, -0.25) is 0 Å². The Hall–Kier alpha value is -1.70. The summed E-state index contributed by atoms with van der Waals surface area (Å²) >= 11 is 17.4. The largest absolute Gasteiger partial charge is 0.416 e. The molecule has 9 heteroatoms. The van der Waals surface area contributed by atoms with Crippen LogP contribution in [0.2, 0.25) is 10.0 Å². The third kappa shape index (κ3) is 5.18. The number of rotatable bonds is 2. The molecule has 0 spiro atoms. The monoisotopic (exact) mass is 433 g/mol. The molecule has 144 valence electrons. The van der Waals surface area contributed by atoms with E-state index in [1.165, 1.54) is 12.1 Å². The van der Waals surface area contributed by atoms with Crippen LogP contribution >= 0.6 is 35.4 Å². The lowest BCUT2D eigenvalue weighted by Crippen LogP contribution is -2.50.